The van der Waals surface area contributed by atoms with E-state index in [4.69, 9.17) is 4.74 Å². The first-order valence-electron chi connectivity index (χ1n) is 7.89. The smallest absolute Gasteiger partial charge is 0.274 e. The van der Waals surface area contributed by atoms with Crippen molar-refractivity contribution >= 4 is 22.4 Å². The van der Waals surface area contributed by atoms with Gasteiger partial charge in [-0.1, -0.05) is 17.4 Å². The molecule has 0 saturated heterocycles. The number of phenolic OH excluding ortho intramolecular Hbond substituents is 1. The monoisotopic (exact) mass is 365 g/mol. The molecule has 130 valence electrons. The highest BCUT2D eigenvalue weighted by molar-refractivity contribution is 7.15. The second kappa shape index (κ2) is 6.27. The van der Waals surface area contributed by atoms with Crippen molar-refractivity contribution in [2.75, 3.05) is 7.11 Å². The van der Waals surface area contributed by atoms with Crippen LogP contribution in [0.5, 0.6) is 11.5 Å². The van der Waals surface area contributed by atoms with E-state index in [0.717, 1.165) is 22.5 Å². The molecule has 0 aliphatic rings. The number of pyridine rings is 1. The number of aromatic nitrogens is 3. The molecule has 0 atom stereocenters. The summed E-state index contributed by atoms with van der Waals surface area (Å²) in [5.41, 5.74) is 3.22. The summed E-state index contributed by atoms with van der Waals surface area (Å²) < 4.78 is 7.23. The molecule has 0 radical (unpaired) electrons. The van der Waals surface area contributed by atoms with Gasteiger partial charge >= 0.3 is 0 Å². The topological polar surface area (TPSA) is 76.7 Å². The predicted octanol–water partition coefficient (Wildman–Crippen LogP) is 2.39. The Hall–Kier alpha value is -3.19. The van der Waals surface area contributed by atoms with E-state index in [0.29, 0.717) is 15.2 Å². The Morgan fingerprint density at radius 1 is 1.27 bits per heavy atom. The first-order valence-corrected chi connectivity index (χ1v) is 8.70. The van der Waals surface area contributed by atoms with Crippen LogP contribution >= 0.6 is 11.3 Å². The van der Waals surface area contributed by atoms with Crippen LogP contribution in [0.25, 0.3) is 22.3 Å². The number of imidazole rings is 1. The number of fused-ring (bicyclic) bond motifs is 1. The van der Waals surface area contributed by atoms with E-state index in [1.54, 1.807) is 35.0 Å². The van der Waals surface area contributed by atoms with E-state index in [2.05, 4.69) is 9.97 Å². The van der Waals surface area contributed by atoms with Gasteiger partial charge in [-0.2, -0.15) is 0 Å². The average Bonchev–Trinajstić information content (AvgIpc) is 3.17. The molecule has 0 amide bonds. The maximum absolute atomic E-state index is 12.7. The van der Waals surface area contributed by atoms with E-state index >= 15 is 0 Å². The van der Waals surface area contributed by atoms with Crippen molar-refractivity contribution in [3.05, 3.63) is 68.9 Å². The fourth-order valence-electron chi connectivity index (χ4n) is 2.71. The lowest BCUT2D eigenvalue weighted by atomic mass is 10.2. The fraction of sp³-hybridized carbons (Fsp3) is 0.105. The molecule has 0 bridgehead atoms. The number of hydrogen-bond donors (Lipinski definition) is 1. The predicted molar refractivity (Wildman–Crippen MR) is 101 cm³/mol. The van der Waals surface area contributed by atoms with Gasteiger partial charge in [0.05, 0.1) is 17.3 Å². The van der Waals surface area contributed by atoms with Crippen molar-refractivity contribution in [1.82, 2.24) is 14.4 Å². The molecule has 7 heteroatoms. The molecule has 3 heterocycles. The zero-order valence-corrected chi connectivity index (χ0v) is 14.9. The van der Waals surface area contributed by atoms with E-state index < -0.39 is 0 Å². The zero-order chi connectivity index (χ0) is 18.3. The maximum Gasteiger partial charge on any atom is 0.274 e. The van der Waals surface area contributed by atoms with E-state index in [9.17, 15) is 9.90 Å². The number of rotatable bonds is 3. The number of aryl methyl sites for hydroxylation is 1. The lowest BCUT2D eigenvalue weighted by Crippen LogP contribution is -2.22. The molecule has 1 aromatic carbocycles. The van der Waals surface area contributed by atoms with Gasteiger partial charge in [0.1, 0.15) is 0 Å². The summed E-state index contributed by atoms with van der Waals surface area (Å²) in [4.78, 5) is 22.1. The Bertz CT molecular complexity index is 1230. The third-order valence-electron chi connectivity index (χ3n) is 4.00. The van der Waals surface area contributed by atoms with Crippen LogP contribution in [0.4, 0.5) is 0 Å². The zero-order valence-electron chi connectivity index (χ0n) is 14.1. The summed E-state index contributed by atoms with van der Waals surface area (Å²) in [6.45, 7) is 1.92. The third kappa shape index (κ3) is 2.82. The molecule has 0 spiro atoms. The standard InChI is InChI=1S/C19H15N3O3S/c1-11-7-13(5-6-20-11)14-10-22-18(24)17(26-19(22)21-14)9-12-3-4-15(23)16(8-12)25-2/h3-10,23H,1-2H3/b17-9-. The molecule has 0 aliphatic heterocycles. The average molecular weight is 365 g/mol. The normalized spacial score (nSPS) is 12.0. The third-order valence-corrected chi connectivity index (χ3v) is 4.98. The van der Waals surface area contributed by atoms with Crippen molar-refractivity contribution in [3.63, 3.8) is 0 Å². The van der Waals surface area contributed by atoms with Gasteiger partial charge in [0.2, 0.25) is 0 Å². The summed E-state index contributed by atoms with van der Waals surface area (Å²) in [6, 6.07) is 8.76. The molecular weight excluding hydrogens is 350 g/mol. The van der Waals surface area contributed by atoms with Crippen molar-refractivity contribution in [1.29, 1.82) is 0 Å². The summed E-state index contributed by atoms with van der Waals surface area (Å²) in [6.07, 6.45) is 5.24. The number of ether oxygens (including phenoxy) is 1. The summed E-state index contributed by atoms with van der Waals surface area (Å²) >= 11 is 1.32. The highest BCUT2D eigenvalue weighted by atomic mass is 32.1. The molecule has 26 heavy (non-hydrogen) atoms. The number of phenols is 1. The van der Waals surface area contributed by atoms with Crippen molar-refractivity contribution in [2.24, 2.45) is 0 Å². The minimum absolute atomic E-state index is 0.0604. The maximum atomic E-state index is 12.7. The van der Waals surface area contributed by atoms with E-state index in [1.165, 1.54) is 24.5 Å². The van der Waals surface area contributed by atoms with Gasteiger partial charge in [0, 0.05) is 23.7 Å². The van der Waals surface area contributed by atoms with Gasteiger partial charge in [0.25, 0.3) is 5.56 Å². The minimum Gasteiger partial charge on any atom is -0.504 e. The largest absolute Gasteiger partial charge is 0.504 e. The summed E-state index contributed by atoms with van der Waals surface area (Å²) in [5.74, 6) is 0.424. The number of methoxy groups -OCH3 is 1. The van der Waals surface area contributed by atoms with Crippen LogP contribution in [0.2, 0.25) is 0 Å². The number of thiazole rings is 1. The van der Waals surface area contributed by atoms with Gasteiger partial charge in [-0.15, -0.1) is 0 Å². The van der Waals surface area contributed by atoms with Crippen LogP contribution in [-0.2, 0) is 0 Å². The Labute approximate surface area is 152 Å². The molecule has 0 fully saturated rings. The van der Waals surface area contributed by atoms with Crippen LogP contribution in [0.15, 0.2) is 47.5 Å². The first-order chi connectivity index (χ1) is 12.5. The van der Waals surface area contributed by atoms with Crippen LogP contribution in [0, 0.1) is 6.92 Å². The Kier molecular flexibility index (Phi) is 3.93. The van der Waals surface area contributed by atoms with Crippen LogP contribution < -0.4 is 14.8 Å². The molecule has 1 N–H and O–H groups in total. The fourth-order valence-corrected chi connectivity index (χ4v) is 3.67. The lowest BCUT2D eigenvalue weighted by molar-refractivity contribution is 0.373. The van der Waals surface area contributed by atoms with Crippen LogP contribution in [-0.4, -0.2) is 26.6 Å². The van der Waals surface area contributed by atoms with Gasteiger partial charge in [-0.3, -0.25) is 14.2 Å². The highest BCUT2D eigenvalue weighted by Gasteiger charge is 2.10. The molecule has 3 aromatic heterocycles. The second-order valence-electron chi connectivity index (χ2n) is 5.81. The quantitative estimate of drug-likeness (QED) is 0.603. The Morgan fingerprint density at radius 2 is 2.12 bits per heavy atom. The van der Waals surface area contributed by atoms with Gasteiger partial charge in [0.15, 0.2) is 16.5 Å². The van der Waals surface area contributed by atoms with Gasteiger partial charge < -0.3 is 9.84 Å². The molecule has 0 aliphatic carbocycles. The van der Waals surface area contributed by atoms with Gasteiger partial charge in [-0.05, 0) is 42.8 Å². The van der Waals surface area contributed by atoms with Crippen molar-refractivity contribution < 1.29 is 9.84 Å². The first kappa shape index (κ1) is 16.3. The van der Waals surface area contributed by atoms with Crippen LogP contribution in [0.1, 0.15) is 11.3 Å². The molecule has 4 rings (SSSR count). The number of benzene rings is 1. The van der Waals surface area contributed by atoms with Crippen LogP contribution in [0.3, 0.4) is 0 Å². The highest BCUT2D eigenvalue weighted by Crippen LogP contribution is 2.26. The molecule has 6 nitrogen and oxygen atoms in total. The van der Waals surface area contributed by atoms with Crippen molar-refractivity contribution in [2.45, 2.75) is 6.92 Å². The van der Waals surface area contributed by atoms with E-state index in [1.807, 2.05) is 19.1 Å². The second-order valence-corrected chi connectivity index (χ2v) is 6.82. The molecule has 0 unspecified atom stereocenters. The van der Waals surface area contributed by atoms with Gasteiger partial charge in [-0.25, -0.2) is 4.98 Å². The lowest BCUT2D eigenvalue weighted by Gasteiger charge is -2.03. The minimum atomic E-state index is -0.124. The number of nitrogens with zero attached hydrogens (tertiary/aromatic N) is 3. The molecular formula is C19H15N3O3S. The summed E-state index contributed by atoms with van der Waals surface area (Å²) in [7, 11) is 1.49. The molecule has 4 aromatic rings. The number of hydrogen-bond acceptors (Lipinski definition) is 6. The molecule has 0 saturated carbocycles. The number of aromatic hydroxyl groups is 1. The van der Waals surface area contributed by atoms with Crippen molar-refractivity contribution in [3.8, 4) is 22.8 Å². The Morgan fingerprint density at radius 3 is 2.85 bits per heavy atom. The SMILES string of the molecule is COc1cc(/C=c2\sc3nc(-c4ccnc(C)c4)cn3c2=O)ccc1O. The Balaban J connectivity index is 1.80. The van der Waals surface area contributed by atoms with E-state index in [-0.39, 0.29) is 11.3 Å². The summed E-state index contributed by atoms with van der Waals surface area (Å²) in [5, 5.41) is 9.68.